The standard InChI is InChI=1S/C6H6BrNO2/c1-4(9)2-5-3-8-6(7)10-5/h3H,2H2,1H3. The van der Waals surface area contributed by atoms with E-state index in [4.69, 9.17) is 4.42 Å². The van der Waals surface area contributed by atoms with Gasteiger partial charge in [-0.1, -0.05) is 0 Å². The number of halogens is 1. The number of rotatable bonds is 2. The lowest BCUT2D eigenvalue weighted by molar-refractivity contribution is -0.116. The van der Waals surface area contributed by atoms with Crippen LogP contribution in [-0.4, -0.2) is 10.8 Å². The van der Waals surface area contributed by atoms with Gasteiger partial charge in [0.15, 0.2) is 0 Å². The number of aromatic nitrogens is 1. The van der Waals surface area contributed by atoms with E-state index < -0.39 is 0 Å². The van der Waals surface area contributed by atoms with Gasteiger partial charge in [-0.3, -0.25) is 4.79 Å². The predicted molar refractivity (Wildman–Crippen MR) is 38.6 cm³/mol. The zero-order valence-corrected chi connectivity index (χ0v) is 7.01. The topological polar surface area (TPSA) is 43.1 Å². The molecule has 0 atom stereocenters. The highest BCUT2D eigenvalue weighted by molar-refractivity contribution is 9.10. The Bertz CT molecular complexity index is 244. The quantitative estimate of drug-likeness (QED) is 0.734. The average molecular weight is 204 g/mol. The molecule has 0 aliphatic heterocycles. The van der Waals surface area contributed by atoms with Gasteiger partial charge in [-0.25, -0.2) is 4.98 Å². The van der Waals surface area contributed by atoms with E-state index in [1.54, 1.807) is 0 Å². The zero-order chi connectivity index (χ0) is 7.56. The van der Waals surface area contributed by atoms with E-state index in [9.17, 15) is 4.79 Å². The first-order chi connectivity index (χ1) is 4.68. The Morgan fingerprint density at radius 1 is 1.90 bits per heavy atom. The van der Waals surface area contributed by atoms with Crippen LogP contribution < -0.4 is 0 Å². The molecule has 0 aliphatic rings. The molecule has 0 N–H and O–H groups in total. The second kappa shape index (κ2) is 2.96. The van der Waals surface area contributed by atoms with Crippen LogP contribution >= 0.6 is 15.9 Å². The van der Waals surface area contributed by atoms with Gasteiger partial charge < -0.3 is 4.42 Å². The molecule has 0 unspecified atom stereocenters. The molecule has 0 amide bonds. The van der Waals surface area contributed by atoms with Crippen LogP contribution in [0, 0.1) is 0 Å². The molecule has 1 aromatic heterocycles. The summed E-state index contributed by atoms with van der Waals surface area (Å²) in [6.45, 7) is 1.51. The van der Waals surface area contributed by atoms with Crippen molar-refractivity contribution in [1.29, 1.82) is 0 Å². The second-order valence-electron chi connectivity index (χ2n) is 1.96. The molecule has 0 saturated carbocycles. The molecule has 0 aliphatic carbocycles. The minimum Gasteiger partial charge on any atom is -0.436 e. The summed E-state index contributed by atoms with van der Waals surface area (Å²) in [4.78, 5) is 14.7. The largest absolute Gasteiger partial charge is 0.436 e. The van der Waals surface area contributed by atoms with Crippen molar-refractivity contribution in [3.63, 3.8) is 0 Å². The van der Waals surface area contributed by atoms with Crippen LogP contribution in [0.5, 0.6) is 0 Å². The van der Waals surface area contributed by atoms with Crippen LogP contribution in [0.15, 0.2) is 15.4 Å². The number of carbonyl (C=O) groups is 1. The zero-order valence-electron chi connectivity index (χ0n) is 5.43. The summed E-state index contributed by atoms with van der Waals surface area (Å²) in [5, 5.41) is 0. The van der Waals surface area contributed by atoms with Crippen molar-refractivity contribution in [2.24, 2.45) is 0 Å². The summed E-state index contributed by atoms with van der Waals surface area (Å²) in [6.07, 6.45) is 1.85. The summed E-state index contributed by atoms with van der Waals surface area (Å²) < 4.78 is 4.98. The number of hydrogen-bond donors (Lipinski definition) is 0. The van der Waals surface area contributed by atoms with Gasteiger partial charge in [-0.05, 0) is 6.92 Å². The van der Waals surface area contributed by atoms with E-state index >= 15 is 0 Å². The Morgan fingerprint density at radius 3 is 3.00 bits per heavy atom. The van der Waals surface area contributed by atoms with Crippen molar-refractivity contribution in [1.82, 2.24) is 4.98 Å². The molecule has 0 saturated heterocycles. The molecule has 54 valence electrons. The third-order valence-corrected chi connectivity index (χ3v) is 1.32. The average Bonchev–Trinajstić information content (AvgIpc) is 2.13. The van der Waals surface area contributed by atoms with Crippen molar-refractivity contribution >= 4 is 21.7 Å². The van der Waals surface area contributed by atoms with Gasteiger partial charge in [-0.15, -0.1) is 0 Å². The molecule has 1 heterocycles. The Morgan fingerprint density at radius 2 is 2.60 bits per heavy atom. The first-order valence-electron chi connectivity index (χ1n) is 2.78. The van der Waals surface area contributed by atoms with Gasteiger partial charge in [0.05, 0.1) is 12.6 Å². The molecule has 1 aromatic rings. The number of hydrogen-bond acceptors (Lipinski definition) is 3. The maximum absolute atomic E-state index is 10.5. The van der Waals surface area contributed by atoms with Gasteiger partial charge in [0.25, 0.3) is 4.80 Å². The van der Waals surface area contributed by atoms with E-state index in [2.05, 4.69) is 20.9 Å². The van der Waals surface area contributed by atoms with E-state index in [-0.39, 0.29) is 5.78 Å². The van der Waals surface area contributed by atoms with Gasteiger partial charge in [0.2, 0.25) is 0 Å². The van der Waals surface area contributed by atoms with Crippen LogP contribution in [0.1, 0.15) is 12.7 Å². The molecular formula is C6H6BrNO2. The molecule has 0 spiro atoms. The van der Waals surface area contributed by atoms with E-state index in [0.29, 0.717) is 17.0 Å². The van der Waals surface area contributed by atoms with E-state index in [1.165, 1.54) is 13.1 Å². The molecular weight excluding hydrogens is 198 g/mol. The molecule has 0 bridgehead atoms. The maximum atomic E-state index is 10.5. The van der Waals surface area contributed by atoms with Gasteiger partial charge >= 0.3 is 0 Å². The monoisotopic (exact) mass is 203 g/mol. The lowest BCUT2D eigenvalue weighted by atomic mass is 10.3. The smallest absolute Gasteiger partial charge is 0.264 e. The normalized spacial score (nSPS) is 9.80. The Hall–Kier alpha value is -0.640. The molecule has 3 nitrogen and oxygen atoms in total. The third-order valence-electron chi connectivity index (χ3n) is 0.949. The fourth-order valence-electron chi connectivity index (χ4n) is 0.611. The Kier molecular flexibility index (Phi) is 2.21. The van der Waals surface area contributed by atoms with Crippen LogP contribution in [-0.2, 0) is 11.2 Å². The number of ketones is 1. The van der Waals surface area contributed by atoms with E-state index in [1.807, 2.05) is 0 Å². The Balaban J connectivity index is 2.67. The van der Waals surface area contributed by atoms with E-state index in [0.717, 1.165) is 0 Å². The number of Topliss-reactive ketones (excluding diaryl/α,β-unsaturated/α-hetero) is 1. The fourth-order valence-corrected chi connectivity index (χ4v) is 0.921. The van der Waals surface area contributed by atoms with Crippen LogP contribution in [0.3, 0.4) is 0 Å². The highest BCUT2D eigenvalue weighted by Gasteiger charge is 2.02. The molecule has 4 heteroatoms. The lowest BCUT2D eigenvalue weighted by Gasteiger charge is -1.85. The highest BCUT2D eigenvalue weighted by atomic mass is 79.9. The minimum atomic E-state index is 0.0728. The SMILES string of the molecule is CC(=O)Cc1cnc(Br)o1. The molecule has 0 fully saturated rings. The molecule has 0 radical (unpaired) electrons. The van der Waals surface area contributed by atoms with Crippen LogP contribution in [0.4, 0.5) is 0 Å². The van der Waals surface area contributed by atoms with Gasteiger partial charge in [0, 0.05) is 15.9 Å². The summed E-state index contributed by atoms with van der Waals surface area (Å²) >= 11 is 3.03. The molecule has 0 aromatic carbocycles. The van der Waals surface area contributed by atoms with Crippen molar-refractivity contribution in [3.8, 4) is 0 Å². The molecule has 10 heavy (non-hydrogen) atoms. The minimum absolute atomic E-state index is 0.0728. The van der Waals surface area contributed by atoms with Gasteiger partial charge in [-0.2, -0.15) is 0 Å². The summed E-state index contributed by atoms with van der Waals surface area (Å²) in [6, 6.07) is 0. The summed E-state index contributed by atoms with van der Waals surface area (Å²) in [7, 11) is 0. The Labute approximate surface area is 66.6 Å². The number of carbonyl (C=O) groups excluding carboxylic acids is 1. The summed E-state index contributed by atoms with van der Waals surface area (Å²) in [5.74, 6) is 0.669. The van der Waals surface area contributed by atoms with Crippen molar-refractivity contribution in [2.75, 3.05) is 0 Å². The molecule has 1 rings (SSSR count). The van der Waals surface area contributed by atoms with Crippen LogP contribution in [0.2, 0.25) is 0 Å². The van der Waals surface area contributed by atoms with Crippen molar-refractivity contribution in [3.05, 3.63) is 16.8 Å². The van der Waals surface area contributed by atoms with Gasteiger partial charge in [0.1, 0.15) is 11.5 Å². The van der Waals surface area contributed by atoms with Crippen molar-refractivity contribution < 1.29 is 9.21 Å². The first-order valence-corrected chi connectivity index (χ1v) is 3.57. The number of nitrogens with zero attached hydrogens (tertiary/aromatic N) is 1. The highest BCUT2D eigenvalue weighted by Crippen LogP contribution is 2.09. The third kappa shape index (κ3) is 1.95. The maximum Gasteiger partial charge on any atom is 0.264 e. The van der Waals surface area contributed by atoms with Crippen LogP contribution in [0.25, 0.3) is 0 Å². The fraction of sp³-hybridized carbons (Fsp3) is 0.333. The lowest BCUT2D eigenvalue weighted by Crippen LogP contribution is -1.93. The van der Waals surface area contributed by atoms with Crippen molar-refractivity contribution in [2.45, 2.75) is 13.3 Å². The number of oxazole rings is 1. The summed E-state index contributed by atoms with van der Waals surface area (Å²) in [5.41, 5.74) is 0. The second-order valence-corrected chi connectivity index (χ2v) is 2.64. The predicted octanol–water partition coefficient (Wildman–Crippen LogP) is 1.57. The first kappa shape index (κ1) is 7.47.